The standard InChI is InChI=1S/C22H26N4O4S2/c1-5-26(6-2)32(27,28)18-10-8-17(9-11-18)19-15-31-22(24-19)25-23-14-16-7-12-20(29-3)21(13-16)30-4/h7-15H,5-6H2,1-4H3,(H,24,25). The van der Waals surface area contributed by atoms with E-state index in [1.165, 1.54) is 15.6 Å². The highest BCUT2D eigenvalue weighted by Gasteiger charge is 2.21. The van der Waals surface area contributed by atoms with E-state index in [2.05, 4.69) is 15.5 Å². The van der Waals surface area contributed by atoms with Crippen LogP contribution in [0.2, 0.25) is 0 Å². The Morgan fingerprint density at radius 3 is 2.38 bits per heavy atom. The van der Waals surface area contributed by atoms with Crippen LogP contribution in [0.25, 0.3) is 11.3 Å². The second kappa shape index (κ2) is 10.6. The van der Waals surface area contributed by atoms with E-state index in [0.717, 1.165) is 16.8 Å². The number of thiazole rings is 1. The van der Waals surface area contributed by atoms with Gasteiger partial charge < -0.3 is 9.47 Å². The average Bonchev–Trinajstić information content (AvgIpc) is 3.28. The highest BCUT2D eigenvalue weighted by Crippen LogP contribution is 2.28. The van der Waals surface area contributed by atoms with Crippen LogP contribution in [0, 0.1) is 0 Å². The van der Waals surface area contributed by atoms with Crippen LogP contribution in [0.4, 0.5) is 5.13 Å². The highest BCUT2D eigenvalue weighted by molar-refractivity contribution is 7.89. The number of nitrogens with one attached hydrogen (secondary N) is 1. The van der Waals surface area contributed by atoms with Gasteiger partial charge in [0.1, 0.15) is 0 Å². The largest absolute Gasteiger partial charge is 0.493 e. The van der Waals surface area contributed by atoms with E-state index in [0.29, 0.717) is 29.7 Å². The van der Waals surface area contributed by atoms with E-state index in [1.807, 2.05) is 37.4 Å². The summed E-state index contributed by atoms with van der Waals surface area (Å²) < 4.78 is 37.2. The molecule has 8 nitrogen and oxygen atoms in total. The molecular weight excluding hydrogens is 448 g/mol. The third-order valence-corrected chi connectivity index (χ3v) is 7.59. The fraction of sp³-hybridized carbons (Fsp3) is 0.273. The van der Waals surface area contributed by atoms with Crippen LogP contribution < -0.4 is 14.9 Å². The Morgan fingerprint density at radius 2 is 1.75 bits per heavy atom. The first kappa shape index (κ1) is 23.7. The van der Waals surface area contributed by atoms with Gasteiger partial charge in [0.05, 0.1) is 31.0 Å². The summed E-state index contributed by atoms with van der Waals surface area (Å²) in [4.78, 5) is 4.80. The van der Waals surface area contributed by atoms with Gasteiger partial charge in [-0.2, -0.15) is 9.41 Å². The number of sulfonamides is 1. The fourth-order valence-corrected chi connectivity index (χ4v) is 5.19. The number of hydrogen-bond acceptors (Lipinski definition) is 8. The second-order valence-corrected chi connectivity index (χ2v) is 9.43. The van der Waals surface area contributed by atoms with Crippen LogP contribution >= 0.6 is 11.3 Å². The van der Waals surface area contributed by atoms with Gasteiger partial charge in [-0.15, -0.1) is 11.3 Å². The quantitative estimate of drug-likeness (QED) is 0.348. The molecule has 0 saturated heterocycles. The van der Waals surface area contributed by atoms with Crippen molar-refractivity contribution in [2.45, 2.75) is 18.7 Å². The molecule has 0 atom stereocenters. The summed E-state index contributed by atoms with van der Waals surface area (Å²) in [6, 6.07) is 12.3. The minimum Gasteiger partial charge on any atom is -0.493 e. The molecule has 0 amide bonds. The number of methoxy groups -OCH3 is 2. The lowest BCUT2D eigenvalue weighted by atomic mass is 10.2. The molecule has 1 aromatic heterocycles. The number of rotatable bonds is 10. The molecule has 1 heterocycles. The zero-order valence-electron chi connectivity index (χ0n) is 18.4. The van der Waals surface area contributed by atoms with Crippen molar-refractivity contribution in [1.82, 2.24) is 9.29 Å². The minimum absolute atomic E-state index is 0.276. The Morgan fingerprint density at radius 1 is 1.06 bits per heavy atom. The maximum Gasteiger partial charge on any atom is 0.243 e. The molecule has 170 valence electrons. The molecule has 2 aromatic carbocycles. The zero-order valence-corrected chi connectivity index (χ0v) is 20.0. The van der Waals surface area contributed by atoms with Gasteiger partial charge in [0.15, 0.2) is 11.5 Å². The van der Waals surface area contributed by atoms with Crippen molar-refractivity contribution in [3.63, 3.8) is 0 Å². The van der Waals surface area contributed by atoms with Crippen LogP contribution in [0.1, 0.15) is 19.4 Å². The Kier molecular flexibility index (Phi) is 7.84. The summed E-state index contributed by atoms with van der Waals surface area (Å²) in [7, 11) is -0.305. The van der Waals surface area contributed by atoms with Gasteiger partial charge in [0.2, 0.25) is 15.2 Å². The monoisotopic (exact) mass is 474 g/mol. The average molecular weight is 475 g/mol. The first-order valence-corrected chi connectivity index (χ1v) is 12.3. The van der Waals surface area contributed by atoms with Gasteiger partial charge in [-0.3, -0.25) is 5.43 Å². The van der Waals surface area contributed by atoms with Crippen LogP contribution in [-0.2, 0) is 10.0 Å². The molecule has 0 aliphatic carbocycles. The molecular formula is C22H26N4O4S2. The Bertz CT molecular complexity index is 1170. The van der Waals surface area contributed by atoms with Crippen molar-refractivity contribution in [1.29, 1.82) is 0 Å². The van der Waals surface area contributed by atoms with Crippen LogP contribution in [-0.4, -0.2) is 51.2 Å². The molecule has 1 N–H and O–H groups in total. The molecule has 0 bridgehead atoms. The van der Waals surface area contributed by atoms with E-state index in [4.69, 9.17) is 9.47 Å². The van der Waals surface area contributed by atoms with Crippen molar-refractivity contribution in [2.75, 3.05) is 32.7 Å². The van der Waals surface area contributed by atoms with Gasteiger partial charge in [0, 0.05) is 24.0 Å². The minimum atomic E-state index is -3.48. The lowest BCUT2D eigenvalue weighted by molar-refractivity contribution is 0.355. The molecule has 0 saturated carbocycles. The maximum atomic E-state index is 12.6. The Balaban J connectivity index is 1.69. The molecule has 10 heteroatoms. The van der Waals surface area contributed by atoms with Crippen LogP contribution in [0.3, 0.4) is 0 Å². The lowest BCUT2D eigenvalue weighted by Gasteiger charge is -2.18. The number of hydrazone groups is 1. The normalized spacial score (nSPS) is 11.8. The molecule has 0 radical (unpaired) electrons. The first-order valence-electron chi connectivity index (χ1n) is 10.00. The molecule has 32 heavy (non-hydrogen) atoms. The van der Waals surface area contributed by atoms with E-state index < -0.39 is 10.0 Å². The fourth-order valence-electron chi connectivity index (χ4n) is 3.06. The topological polar surface area (TPSA) is 93.1 Å². The second-order valence-electron chi connectivity index (χ2n) is 6.64. The van der Waals surface area contributed by atoms with Crippen molar-refractivity contribution < 1.29 is 17.9 Å². The zero-order chi connectivity index (χ0) is 23.1. The Hall–Kier alpha value is -2.95. The van der Waals surface area contributed by atoms with Crippen molar-refractivity contribution >= 4 is 32.7 Å². The third-order valence-electron chi connectivity index (χ3n) is 4.78. The number of ether oxygens (including phenoxy) is 2. The van der Waals surface area contributed by atoms with Crippen molar-refractivity contribution in [2.24, 2.45) is 5.10 Å². The lowest BCUT2D eigenvalue weighted by Crippen LogP contribution is -2.30. The molecule has 0 fully saturated rings. The molecule has 0 aliphatic rings. The van der Waals surface area contributed by atoms with Crippen molar-refractivity contribution in [3.8, 4) is 22.8 Å². The van der Waals surface area contributed by atoms with Gasteiger partial charge in [-0.05, 0) is 35.9 Å². The van der Waals surface area contributed by atoms with Crippen molar-refractivity contribution in [3.05, 3.63) is 53.4 Å². The van der Waals surface area contributed by atoms with E-state index in [9.17, 15) is 8.42 Å². The summed E-state index contributed by atoms with van der Waals surface area (Å²) in [6.45, 7) is 4.52. The smallest absolute Gasteiger partial charge is 0.243 e. The number of aromatic nitrogens is 1. The van der Waals surface area contributed by atoms with E-state index in [1.54, 1.807) is 44.7 Å². The molecule has 0 unspecified atom stereocenters. The predicted octanol–water partition coefficient (Wildman–Crippen LogP) is 4.30. The number of anilines is 1. The van der Waals surface area contributed by atoms with E-state index >= 15 is 0 Å². The maximum absolute atomic E-state index is 12.6. The SMILES string of the molecule is CCN(CC)S(=O)(=O)c1ccc(-c2csc(NN=Cc3ccc(OC)c(OC)c3)n2)cc1. The number of hydrogen-bond donors (Lipinski definition) is 1. The van der Waals surface area contributed by atoms with Crippen LogP contribution in [0.15, 0.2) is 57.8 Å². The summed E-state index contributed by atoms with van der Waals surface area (Å²) in [5, 5.41) is 6.74. The highest BCUT2D eigenvalue weighted by atomic mass is 32.2. The summed E-state index contributed by atoms with van der Waals surface area (Å²) in [5.41, 5.74) is 5.33. The Labute approximate surface area is 192 Å². The van der Waals surface area contributed by atoms with Crippen LogP contribution in [0.5, 0.6) is 11.5 Å². The summed E-state index contributed by atoms with van der Waals surface area (Å²) in [5.74, 6) is 1.28. The van der Waals surface area contributed by atoms with E-state index in [-0.39, 0.29) is 4.90 Å². The first-order chi connectivity index (χ1) is 15.4. The molecule has 0 spiro atoms. The number of nitrogens with zero attached hydrogens (tertiary/aromatic N) is 3. The third kappa shape index (κ3) is 5.26. The van der Waals surface area contributed by atoms with Gasteiger partial charge in [0.25, 0.3) is 0 Å². The predicted molar refractivity (Wildman–Crippen MR) is 128 cm³/mol. The summed E-state index contributed by atoms with van der Waals surface area (Å²) >= 11 is 1.41. The number of benzene rings is 2. The van der Waals surface area contributed by atoms with Gasteiger partial charge in [-0.1, -0.05) is 26.0 Å². The van der Waals surface area contributed by atoms with Gasteiger partial charge >= 0.3 is 0 Å². The summed E-state index contributed by atoms with van der Waals surface area (Å²) in [6.07, 6.45) is 1.66. The molecule has 3 rings (SSSR count). The molecule has 3 aromatic rings. The molecule has 0 aliphatic heterocycles. The van der Waals surface area contributed by atoms with Gasteiger partial charge in [-0.25, -0.2) is 13.4 Å².